The molecular formula is C41H30NO4S+. The highest BCUT2D eigenvalue weighted by Crippen LogP contribution is 2.40. The summed E-state index contributed by atoms with van der Waals surface area (Å²) in [5, 5.41) is 11.7. The molecule has 2 N–H and O–H groups in total. The lowest BCUT2D eigenvalue weighted by molar-refractivity contribution is -0.572. The summed E-state index contributed by atoms with van der Waals surface area (Å²) in [4.78, 5) is -0.162. The molecule has 5 nitrogen and oxygen atoms in total. The van der Waals surface area contributed by atoms with Crippen molar-refractivity contribution < 1.29 is 22.6 Å². The number of phenols is 1. The third kappa shape index (κ3) is 6.08. The van der Waals surface area contributed by atoms with Crippen molar-refractivity contribution in [2.45, 2.75) is 4.90 Å². The molecule has 0 aliphatic carbocycles. The largest absolute Gasteiger partial charge is 0.507 e. The Kier molecular flexibility index (Phi) is 7.96. The van der Waals surface area contributed by atoms with E-state index in [4.69, 9.17) is 0 Å². The zero-order valence-corrected chi connectivity index (χ0v) is 26.0. The number of hydrogen-bond acceptors (Lipinski definition) is 3. The van der Waals surface area contributed by atoms with Gasteiger partial charge in [-0.15, -0.1) is 0 Å². The molecule has 0 unspecified atom stereocenters. The first-order valence-corrected chi connectivity index (χ1v) is 16.6. The molecule has 1 aromatic heterocycles. The Morgan fingerprint density at radius 2 is 0.809 bits per heavy atom. The Balaban J connectivity index is 1.57. The highest BCUT2D eigenvalue weighted by atomic mass is 32.2. The van der Waals surface area contributed by atoms with Crippen LogP contribution in [0.25, 0.3) is 61.6 Å². The van der Waals surface area contributed by atoms with Gasteiger partial charge in [0, 0.05) is 46.5 Å². The summed E-state index contributed by atoms with van der Waals surface area (Å²) in [7, 11) is -4.33. The second-order valence-corrected chi connectivity index (χ2v) is 12.6. The molecule has 6 heteroatoms. The molecule has 1 heterocycles. The summed E-state index contributed by atoms with van der Waals surface area (Å²) in [5.41, 5.74) is 9.43. The topological polar surface area (TPSA) is 78.5 Å². The number of benzene rings is 6. The van der Waals surface area contributed by atoms with Crippen molar-refractivity contribution >= 4 is 10.1 Å². The van der Waals surface area contributed by atoms with E-state index in [9.17, 15) is 18.1 Å². The Hall–Kier alpha value is -5.82. The molecule has 0 atom stereocenters. The number of rotatable bonds is 7. The van der Waals surface area contributed by atoms with Gasteiger partial charge in [0.15, 0.2) is 0 Å². The van der Waals surface area contributed by atoms with Crippen molar-refractivity contribution in [3.63, 3.8) is 0 Å². The predicted molar refractivity (Wildman–Crippen MR) is 187 cm³/mol. The van der Waals surface area contributed by atoms with Crippen LogP contribution in [-0.2, 0) is 10.1 Å². The van der Waals surface area contributed by atoms with Crippen LogP contribution in [0.3, 0.4) is 0 Å². The van der Waals surface area contributed by atoms with Crippen molar-refractivity contribution in [1.29, 1.82) is 0 Å². The Bertz CT molecular complexity index is 2170. The minimum atomic E-state index is -4.33. The number of hydrogen-bond donors (Lipinski definition) is 2. The van der Waals surface area contributed by atoms with Gasteiger partial charge in [-0.05, 0) is 58.7 Å². The number of aromatic nitrogens is 1. The molecule has 0 radical (unpaired) electrons. The molecule has 0 spiro atoms. The lowest BCUT2D eigenvalue weighted by Gasteiger charge is -2.16. The van der Waals surface area contributed by atoms with Crippen LogP contribution in [-0.4, -0.2) is 18.1 Å². The van der Waals surface area contributed by atoms with E-state index in [1.807, 2.05) is 109 Å². The van der Waals surface area contributed by atoms with Gasteiger partial charge in [-0.2, -0.15) is 13.0 Å². The van der Waals surface area contributed by atoms with Crippen molar-refractivity contribution in [1.82, 2.24) is 0 Å². The van der Waals surface area contributed by atoms with Crippen LogP contribution in [0.15, 0.2) is 175 Å². The summed E-state index contributed by atoms with van der Waals surface area (Å²) >= 11 is 0. The average Bonchev–Trinajstić information content (AvgIpc) is 3.12. The van der Waals surface area contributed by atoms with Gasteiger partial charge in [-0.1, -0.05) is 109 Å². The third-order valence-electron chi connectivity index (χ3n) is 8.21. The van der Waals surface area contributed by atoms with E-state index < -0.39 is 10.1 Å². The number of pyridine rings is 1. The number of aromatic hydroxyl groups is 1. The van der Waals surface area contributed by atoms with E-state index in [1.54, 1.807) is 12.1 Å². The monoisotopic (exact) mass is 632 g/mol. The van der Waals surface area contributed by atoms with Gasteiger partial charge >= 0.3 is 0 Å². The van der Waals surface area contributed by atoms with Crippen LogP contribution in [0.2, 0.25) is 0 Å². The molecule has 47 heavy (non-hydrogen) atoms. The van der Waals surface area contributed by atoms with Crippen LogP contribution in [0, 0.1) is 0 Å². The van der Waals surface area contributed by atoms with Gasteiger partial charge in [-0.25, -0.2) is 0 Å². The van der Waals surface area contributed by atoms with Gasteiger partial charge in [0.25, 0.3) is 10.1 Å². The fourth-order valence-corrected chi connectivity index (χ4v) is 6.41. The standard InChI is InChI=1S/C41H29NO4S/c43-41-37(30-13-5-1-6-14-30)27-35(28-38(41)31-15-7-2-8-16-31)42-39(32-17-9-3-10-18-32)25-34(26-40(42)33-19-11-4-12-20-33)29-21-23-36(24-22-29)47(44,45)46/h1-28H,(H-,43,44,45,46)/p+1. The fraction of sp³-hybridized carbons (Fsp3) is 0. The first-order chi connectivity index (χ1) is 22.9. The molecule has 7 aromatic rings. The van der Waals surface area contributed by atoms with Crippen molar-refractivity contribution in [2.75, 3.05) is 0 Å². The molecule has 0 fully saturated rings. The normalized spacial score (nSPS) is 11.3. The van der Waals surface area contributed by atoms with Crippen molar-refractivity contribution in [3.8, 4) is 67.3 Å². The molecule has 7 rings (SSSR count). The van der Waals surface area contributed by atoms with E-state index in [2.05, 4.69) is 41.0 Å². The molecule has 6 aromatic carbocycles. The first-order valence-electron chi connectivity index (χ1n) is 15.1. The molecular weight excluding hydrogens is 603 g/mol. The fourth-order valence-electron chi connectivity index (χ4n) is 5.93. The molecule has 0 aliphatic rings. The van der Waals surface area contributed by atoms with E-state index in [0.717, 1.165) is 50.5 Å². The molecule has 0 bridgehead atoms. The highest BCUT2D eigenvalue weighted by molar-refractivity contribution is 7.85. The lowest BCUT2D eigenvalue weighted by atomic mass is 9.94. The van der Waals surface area contributed by atoms with Gasteiger partial charge in [-0.3, -0.25) is 4.55 Å². The molecule has 0 saturated heterocycles. The van der Waals surface area contributed by atoms with E-state index in [0.29, 0.717) is 11.1 Å². The number of nitrogens with zero attached hydrogens (tertiary/aromatic N) is 1. The smallest absolute Gasteiger partial charge is 0.294 e. The molecule has 0 saturated carbocycles. The Morgan fingerprint density at radius 3 is 1.19 bits per heavy atom. The maximum Gasteiger partial charge on any atom is 0.294 e. The second kappa shape index (κ2) is 12.5. The summed E-state index contributed by atoms with van der Waals surface area (Å²) in [6, 6.07) is 54.4. The quantitative estimate of drug-likeness (QED) is 0.136. The maximum absolute atomic E-state index is 11.8. The van der Waals surface area contributed by atoms with Gasteiger partial charge < -0.3 is 5.11 Å². The van der Waals surface area contributed by atoms with Crippen LogP contribution >= 0.6 is 0 Å². The van der Waals surface area contributed by atoms with Crippen molar-refractivity contribution in [3.05, 3.63) is 170 Å². The van der Waals surface area contributed by atoms with Crippen LogP contribution in [0.4, 0.5) is 0 Å². The zero-order chi connectivity index (χ0) is 32.4. The average molecular weight is 633 g/mol. The Labute approximate surface area is 274 Å². The Morgan fingerprint density at radius 1 is 0.426 bits per heavy atom. The molecule has 228 valence electrons. The van der Waals surface area contributed by atoms with Crippen LogP contribution in [0.5, 0.6) is 5.75 Å². The van der Waals surface area contributed by atoms with Gasteiger partial charge in [0.05, 0.1) is 4.90 Å². The van der Waals surface area contributed by atoms with E-state index in [-0.39, 0.29) is 10.6 Å². The lowest BCUT2D eigenvalue weighted by Crippen LogP contribution is -2.36. The van der Waals surface area contributed by atoms with E-state index >= 15 is 0 Å². The molecule has 0 amide bonds. The number of phenolic OH excluding ortho intramolecular Hbond substituents is 1. The van der Waals surface area contributed by atoms with Crippen LogP contribution < -0.4 is 4.57 Å². The predicted octanol–water partition coefficient (Wildman–Crippen LogP) is 9.25. The van der Waals surface area contributed by atoms with Crippen LogP contribution in [0.1, 0.15) is 0 Å². The first kappa shape index (κ1) is 29.9. The molecule has 0 aliphatic heterocycles. The minimum Gasteiger partial charge on any atom is -0.507 e. The van der Waals surface area contributed by atoms with Gasteiger partial charge in [0.2, 0.25) is 17.1 Å². The summed E-state index contributed by atoms with van der Waals surface area (Å²) < 4.78 is 35.3. The minimum absolute atomic E-state index is 0.162. The van der Waals surface area contributed by atoms with Crippen molar-refractivity contribution in [2.24, 2.45) is 0 Å². The third-order valence-corrected chi connectivity index (χ3v) is 9.08. The summed E-state index contributed by atoms with van der Waals surface area (Å²) in [5.74, 6) is 0.199. The summed E-state index contributed by atoms with van der Waals surface area (Å²) in [6.07, 6.45) is 0. The van der Waals surface area contributed by atoms with E-state index in [1.165, 1.54) is 12.1 Å². The maximum atomic E-state index is 11.8. The highest BCUT2D eigenvalue weighted by Gasteiger charge is 2.27. The SMILES string of the molecule is O=S(=O)(O)c1ccc(-c2cc(-c3ccccc3)[n+](-c3cc(-c4ccccc4)c(O)c(-c4ccccc4)c3)c(-c3ccccc3)c2)cc1. The summed E-state index contributed by atoms with van der Waals surface area (Å²) in [6.45, 7) is 0. The van der Waals surface area contributed by atoms with Gasteiger partial charge in [0.1, 0.15) is 5.75 Å². The second-order valence-electron chi connectivity index (χ2n) is 11.2. The zero-order valence-electron chi connectivity index (χ0n) is 25.2.